The molecule has 82 valence electrons. The maximum atomic E-state index is 11.6. The van der Waals surface area contributed by atoms with Crippen LogP contribution in [0.4, 0.5) is 0 Å². The molecule has 2 aromatic carbocycles. The summed E-state index contributed by atoms with van der Waals surface area (Å²) in [5, 5.41) is 2.36. The Balaban J connectivity index is 2.54. The maximum absolute atomic E-state index is 11.6. The summed E-state index contributed by atoms with van der Waals surface area (Å²) in [7, 11) is 0. The van der Waals surface area contributed by atoms with Crippen LogP contribution in [0.3, 0.4) is 0 Å². The second-order valence-corrected chi connectivity index (χ2v) is 4.03. The van der Waals surface area contributed by atoms with E-state index in [0.717, 1.165) is 12.0 Å². The van der Waals surface area contributed by atoms with Crippen LogP contribution in [0.5, 0.6) is 0 Å². The van der Waals surface area contributed by atoms with Gasteiger partial charge in [0, 0.05) is 12.0 Å². The molecular formula is C15H16O. The average Bonchev–Trinajstić information content (AvgIpc) is 2.36. The van der Waals surface area contributed by atoms with Crippen molar-refractivity contribution in [2.45, 2.75) is 26.7 Å². The first-order valence-corrected chi connectivity index (χ1v) is 5.80. The van der Waals surface area contributed by atoms with Crippen molar-refractivity contribution in [1.29, 1.82) is 0 Å². The van der Waals surface area contributed by atoms with Crippen LogP contribution in [0, 0.1) is 0 Å². The summed E-state index contributed by atoms with van der Waals surface area (Å²) in [6, 6.07) is 12.4. The van der Waals surface area contributed by atoms with E-state index in [-0.39, 0.29) is 5.78 Å². The third kappa shape index (κ3) is 1.99. The Morgan fingerprint density at radius 3 is 2.44 bits per heavy atom. The van der Waals surface area contributed by atoms with Crippen molar-refractivity contribution in [3.63, 3.8) is 0 Å². The number of carbonyl (C=O) groups is 1. The van der Waals surface area contributed by atoms with E-state index in [4.69, 9.17) is 0 Å². The van der Waals surface area contributed by atoms with Gasteiger partial charge in [0.05, 0.1) is 0 Å². The molecule has 0 bridgehead atoms. The van der Waals surface area contributed by atoms with Crippen LogP contribution in [0.15, 0.2) is 36.4 Å². The number of hydrogen-bond acceptors (Lipinski definition) is 1. The van der Waals surface area contributed by atoms with E-state index >= 15 is 0 Å². The molecule has 16 heavy (non-hydrogen) atoms. The van der Waals surface area contributed by atoms with Gasteiger partial charge >= 0.3 is 0 Å². The predicted octanol–water partition coefficient (Wildman–Crippen LogP) is 3.99. The number of carbonyl (C=O) groups excluding carboxylic acids is 1. The number of ketones is 1. The minimum absolute atomic E-state index is 0.212. The van der Waals surface area contributed by atoms with Crippen molar-refractivity contribution in [3.8, 4) is 0 Å². The number of hydrogen-bond donors (Lipinski definition) is 0. The number of rotatable bonds is 3. The molecule has 0 aromatic heterocycles. The Kier molecular flexibility index (Phi) is 3.04. The smallest absolute Gasteiger partial charge is 0.162 e. The van der Waals surface area contributed by atoms with Crippen molar-refractivity contribution in [2.24, 2.45) is 0 Å². The summed E-state index contributed by atoms with van der Waals surface area (Å²) in [6.45, 7) is 4.04. The molecule has 0 spiro atoms. The van der Waals surface area contributed by atoms with Crippen molar-refractivity contribution < 1.29 is 4.79 Å². The molecule has 0 heterocycles. The average molecular weight is 212 g/mol. The zero-order chi connectivity index (χ0) is 11.5. The lowest BCUT2D eigenvalue weighted by atomic mass is 10.0. The number of fused-ring (bicyclic) bond motifs is 1. The fraction of sp³-hybridized carbons (Fsp3) is 0.267. The van der Waals surface area contributed by atoms with Gasteiger partial charge in [-0.3, -0.25) is 4.79 Å². The van der Waals surface area contributed by atoms with E-state index in [1.54, 1.807) is 0 Å². The molecule has 0 unspecified atom stereocenters. The lowest BCUT2D eigenvalue weighted by molar-refractivity contribution is 0.0988. The normalized spacial score (nSPS) is 10.6. The lowest BCUT2D eigenvalue weighted by Gasteiger charge is -2.03. The highest BCUT2D eigenvalue weighted by Crippen LogP contribution is 2.19. The molecule has 0 aliphatic rings. The van der Waals surface area contributed by atoms with Gasteiger partial charge in [0.1, 0.15) is 0 Å². The van der Waals surface area contributed by atoms with Crippen molar-refractivity contribution in [3.05, 3.63) is 47.5 Å². The van der Waals surface area contributed by atoms with Crippen molar-refractivity contribution >= 4 is 16.6 Å². The monoisotopic (exact) mass is 212 g/mol. The molecule has 0 N–H and O–H groups in total. The Bertz CT molecular complexity index is 526. The molecule has 0 atom stereocenters. The number of aryl methyl sites for hydroxylation is 1. The van der Waals surface area contributed by atoms with Gasteiger partial charge in [-0.2, -0.15) is 0 Å². The fourth-order valence-corrected chi connectivity index (χ4v) is 1.89. The third-order valence-corrected chi connectivity index (χ3v) is 2.96. The van der Waals surface area contributed by atoms with Crippen LogP contribution in [-0.4, -0.2) is 5.78 Å². The predicted molar refractivity (Wildman–Crippen MR) is 67.9 cm³/mol. The van der Waals surface area contributed by atoms with Crippen LogP contribution in [-0.2, 0) is 6.42 Å². The van der Waals surface area contributed by atoms with Gasteiger partial charge in [-0.1, -0.05) is 44.2 Å². The van der Waals surface area contributed by atoms with E-state index in [9.17, 15) is 4.79 Å². The standard InChI is InChI=1S/C15H16O/c1-3-11-5-6-12-7-8-13(15(16)4-2)10-14(12)9-11/h5-10H,3-4H2,1-2H3. The molecule has 0 saturated carbocycles. The maximum Gasteiger partial charge on any atom is 0.162 e. The minimum atomic E-state index is 0.212. The Morgan fingerprint density at radius 2 is 1.75 bits per heavy atom. The van der Waals surface area contributed by atoms with Crippen LogP contribution in [0.2, 0.25) is 0 Å². The summed E-state index contributed by atoms with van der Waals surface area (Å²) in [5.41, 5.74) is 2.14. The van der Waals surface area contributed by atoms with E-state index < -0.39 is 0 Å². The number of benzene rings is 2. The first-order chi connectivity index (χ1) is 7.74. The van der Waals surface area contributed by atoms with Gasteiger partial charge in [0.2, 0.25) is 0 Å². The van der Waals surface area contributed by atoms with Gasteiger partial charge in [-0.05, 0) is 28.8 Å². The summed E-state index contributed by atoms with van der Waals surface area (Å²) in [4.78, 5) is 11.6. The molecule has 0 aliphatic heterocycles. The molecule has 0 amide bonds. The van der Waals surface area contributed by atoms with Crippen LogP contribution < -0.4 is 0 Å². The molecular weight excluding hydrogens is 196 g/mol. The molecule has 1 heteroatoms. The highest BCUT2D eigenvalue weighted by Gasteiger charge is 2.03. The highest BCUT2D eigenvalue weighted by molar-refractivity contribution is 5.99. The van der Waals surface area contributed by atoms with Gasteiger partial charge in [0.15, 0.2) is 5.78 Å². The van der Waals surface area contributed by atoms with E-state index in [0.29, 0.717) is 6.42 Å². The summed E-state index contributed by atoms with van der Waals surface area (Å²) >= 11 is 0. The topological polar surface area (TPSA) is 17.1 Å². The van der Waals surface area contributed by atoms with Crippen LogP contribution in [0.1, 0.15) is 36.2 Å². The van der Waals surface area contributed by atoms with Crippen molar-refractivity contribution in [1.82, 2.24) is 0 Å². The largest absolute Gasteiger partial charge is 0.294 e. The van der Waals surface area contributed by atoms with E-state index in [1.807, 2.05) is 25.1 Å². The van der Waals surface area contributed by atoms with Gasteiger partial charge in [0.25, 0.3) is 0 Å². The second-order valence-electron chi connectivity index (χ2n) is 4.03. The Hall–Kier alpha value is -1.63. The first-order valence-electron chi connectivity index (χ1n) is 5.80. The molecule has 0 fully saturated rings. The highest BCUT2D eigenvalue weighted by atomic mass is 16.1. The first kappa shape index (κ1) is 10.9. The van der Waals surface area contributed by atoms with Crippen LogP contribution >= 0.6 is 0 Å². The quantitative estimate of drug-likeness (QED) is 0.703. The van der Waals surface area contributed by atoms with E-state index in [2.05, 4.69) is 25.1 Å². The lowest BCUT2D eigenvalue weighted by Crippen LogP contribution is -1.95. The molecule has 2 rings (SSSR count). The van der Waals surface area contributed by atoms with Gasteiger partial charge < -0.3 is 0 Å². The van der Waals surface area contributed by atoms with E-state index in [1.165, 1.54) is 16.3 Å². The van der Waals surface area contributed by atoms with Gasteiger partial charge in [-0.15, -0.1) is 0 Å². The summed E-state index contributed by atoms with van der Waals surface area (Å²) in [5.74, 6) is 0.212. The Labute approximate surface area is 96.1 Å². The van der Waals surface area contributed by atoms with Gasteiger partial charge in [-0.25, -0.2) is 0 Å². The number of Topliss-reactive ketones (excluding diaryl/α,β-unsaturated/α-hetero) is 1. The summed E-state index contributed by atoms with van der Waals surface area (Å²) in [6.07, 6.45) is 1.60. The molecule has 2 aromatic rings. The molecule has 0 radical (unpaired) electrons. The fourth-order valence-electron chi connectivity index (χ4n) is 1.89. The SMILES string of the molecule is CCC(=O)c1ccc2ccc(CC)cc2c1. The Morgan fingerprint density at radius 1 is 1.00 bits per heavy atom. The molecule has 0 saturated heterocycles. The zero-order valence-corrected chi connectivity index (χ0v) is 9.79. The minimum Gasteiger partial charge on any atom is -0.294 e. The summed E-state index contributed by atoms with van der Waals surface area (Å²) < 4.78 is 0. The second kappa shape index (κ2) is 4.48. The van der Waals surface area contributed by atoms with Crippen molar-refractivity contribution in [2.75, 3.05) is 0 Å². The van der Waals surface area contributed by atoms with Crippen LogP contribution in [0.25, 0.3) is 10.8 Å². The molecule has 1 nitrogen and oxygen atoms in total. The molecule has 0 aliphatic carbocycles. The third-order valence-electron chi connectivity index (χ3n) is 2.96. The zero-order valence-electron chi connectivity index (χ0n) is 9.79.